The predicted octanol–water partition coefficient (Wildman–Crippen LogP) is 2.97. The van der Waals surface area contributed by atoms with Crippen LogP contribution in [0.1, 0.15) is 24.2 Å². The molecule has 0 aromatic heterocycles. The maximum atomic E-state index is 13.2. The Kier molecular flexibility index (Phi) is 4.11. The van der Waals surface area contributed by atoms with Crippen molar-refractivity contribution >= 4 is 27.1 Å². The van der Waals surface area contributed by atoms with Crippen molar-refractivity contribution < 1.29 is 13.2 Å². The lowest BCUT2D eigenvalue weighted by Crippen LogP contribution is -2.57. The molecule has 0 fully saturated rings. The van der Waals surface area contributed by atoms with E-state index in [2.05, 4.69) is 4.90 Å². The maximum absolute atomic E-state index is 13.2. The Morgan fingerprint density at radius 2 is 1.56 bits per heavy atom. The van der Waals surface area contributed by atoms with E-state index in [1.807, 2.05) is 45.2 Å². The Hall–Kier alpha value is -2.34. The first kappa shape index (κ1) is 17.5. The van der Waals surface area contributed by atoms with E-state index in [0.29, 0.717) is 12.1 Å². The second kappa shape index (κ2) is 5.88. The van der Waals surface area contributed by atoms with Gasteiger partial charge in [0.1, 0.15) is 0 Å². The molecule has 1 aliphatic heterocycles. The second-order valence-corrected chi connectivity index (χ2v) is 9.11. The number of likely N-dealkylation sites (N-methyl/N-ethyl adjacent to an activating group) is 1. The van der Waals surface area contributed by atoms with Gasteiger partial charge in [0.25, 0.3) is 5.91 Å². The van der Waals surface area contributed by atoms with E-state index in [1.54, 1.807) is 17.0 Å². The Morgan fingerprint density at radius 3 is 2.12 bits per heavy atom. The average Bonchev–Trinajstić information content (AvgIpc) is 2.53. The summed E-state index contributed by atoms with van der Waals surface area (Å²) in [7, 11) is -1.26. The Labute approximate surface area is 148 Å². The first-order valence-corrected chi connectivity index (χ1v) is 9.95. The third-order valence-electron chi connectivity index (χ3n) is 4.50. The van der Waals surface area contributed by atoms with E-state index in [1.165, 1.54) is 12.1 Å². The summed E-state index contributed by atoms with van der Waals surface area (Å²) in [4.78, 5) is 17.4. The molecule has 0 saturated heterocycles. The summed E-state index contributed by atoms with van der Waals surface area (Å²) in [5.74, 6) is -0.134. The molecule has 25 heavy (non-hydrogen) atoms. The number of carbonyl (C=O) groups is 1. The van der Waals surface area contributed by atoms with Gasteiger partial charge in [-0.3, -0.25) is 9.69 Å². The zero-order valence-electron chi connectivity index (χ0n) is 14.9. The van der Waals surface area contributed by atoms with Gasteiger partial charge in [-0.05, 0) is 50.2 Å². The van der Waals surface area contributed by atoms with Gasteiger partial charge in [-0.2, -0.15) is 0 Å². The van der Waals surface area contributed by atoms with Crippen LogP contribution in [0.2, 0.25) is 0 Å². The third kappa shape index (κ3) is 3.14. The van der Waals surface area contributed by atoms with Crippen LogP contribution in [0.15, 0.2) is 53.4 Å². The van der Waals surface area contributed by atoms with Crippen LogP contribution in [-0.2, 0) is 9.84 Å². The topological polar surface area (TPSA) is 57.7 Å². The van der Waals surface area contributed by atoms with Crippen molar-refractivity contribution in [3.05, 3.63) is 54.1 Å². The van der Waals surface area contributed by atoms with E-state index in [4.69, 9.17) is 0 Å². The van der Waals surface area contributed by atoms with Crippen molar-refractivity contribution in [2.75, 3.05) is 29.6 Å². The molecule has 0 spiro atoms. The summed E-state index contributed by atoms with van der Waals surface area (Å²) in [5.41, 5.74) is 1.94. The molecule has 0 saturated carbocycles. The molecule has 2 aromatic carbocycles. The van der Waals surface area contributed by atoms with E-state index < -0.39 is 15.4 Å². The third-order valence-corrected chi connectivity index (χ3v) is 5.62. The number of nitrogens with zero attached hydrogens (tertiary/aromatic N) is 2. The molecule has 0 radical (unpaired) electrons. The highest BCUT2D eigenvalue weighted by Crippen LogP contribution is 2.39. The van der Waals surface area contributed by atoms with Crippen LogP contribution in [0.3, 0.4) is 0 Å². The molecule has 0 atom stereocenters. The zero-order valence-corrected chi connectivity index (χ0v) is 15.7. The summed E-state index contributed by atoms with van der Waals surface area (Å²) in [6, 6.07) is 13.9. The largest absolute Gasteiger partial charge is 0.371 e. The molecular weight excluding hydrogens is 336 g/mol. The van der Waals surface area contributed by atoms with Crippen LogP contribution in [0.4, 0.5) is 11.4 Å². The van der Waals surface area contributed by atoms with E-state index in [-0.39, 0.29) is 10.8 Å². The highest BCUT2D eigenvalue weighted by molar-refractivity contribution is 7.90. The summed E-state index contributed by atoms with van der Waals surface area (Å²) < 4.78 is 23.2. The van der Waals surface area contributed by atoms with Gasteiger partial charge < -0.3 is 4.90 Å². The predicted molar refractivity (Wildman–Crippen MR) is 100 cm³/mol. The van der Waals surface area contributed by atoms with Crippen molar-refractivity contribution in [1.29, 1.82) is 0 Å². The summed E-state index contributed by atoms with van der Waals surface area (Å²) in [6.45, 7) is 4.77. The molecule has 5 nitrogen and oxygen atoms in total. The van der Waals surface area contributed by atoms with Gasteiger partial charge in [-0.15, -0.1) is 0 Å². The lowest BCUT2D eigenvalue weighted by atomic mass is 9.95. The van der Waals surface area contributed by atoms with Crippen LogP contribution in [0.25, 0.3) is 0 Å². The Balaban J connectivity index is 2.05. The number of amides is 1. The fourth-order valence-corrected chi connectivity index (χ4v) is 4.03. The monoisotopic (exact) mass is 358 g/mol. The Bertz CT molecular complexity index is 918. The summed E-state index contributed by atoms with van der Waals surface area (Å²) in [5, 5.41) is 0. The normalized spacial score (nSPS) is 16.5. The lowest BCUT2D eigenvalue weighted by molar-refractivity contribution is 0.0961. The van der Waals surface area contributed by atoms with E-state index in [0.717, 1.165) is 17.6 Å². The number of para-hydroxylation sites is 2. The minimum absolute atomic E-state index is 0.134. The number of sulfone groups is 1. The first-order valence-electron chi connectivity index (χ1n) is 8.06. The fourth-order valence-electron chi connectivity index (χ4n) is 3.40. The van der Waals surface area contributed by atoms with E-state index in [9.17, 15) is 13.2 Å². The van der Waals surface area contributed by atoms with Crippen LogP contribution in [0, 0.1) is 0 Å². The molecule has 0 unspecified atom stereocenters. The lowest BCUT2D eigenvalue weighted by Gasteiger charge is -2.47. The van der Waals surface area contributed by atoms with Gasteiger partial charge in [0.2, 0.25) is 0 Å². The molecule has 1 heterocycles. The molecule has 1 aliphatic rings. The second-order valence-electron chi connectivity index (χ2n) is 7.09. The zero-order chi connectivity index (χ0) is 18.4. The highest BCUT2D eigenvalue weighted by atomic mass is 32.2. The maximum Gasteiger partial charge on any atom is 0.258 e. The number of hydrogen-bond acceptors (Lipinski definition) is 4. The van der Waals surface area contributed by atoms with Crippen LogP contribution < -0.4 is 9.80 Å². The number of rotatable bonds is 2. The smallest absolute Gasteiger partial charge is 0.258 e. The van der Waals surface area contributed by atoms with Crippen molar-refractivity contribution in [2.45, 2.75) is 24.3 Å². The number of anilines is 2. The molecule has 0 N–H and O–H groups in total. The highest BCUT2D eigenvalue weighted by Gasteiger charge is 2.39. The molecule has 2 aromatic rings. The molecule has 6 heteroatoms. The van der Waals surface area contributed by atoms with Crippen molar-refractivity contribution in [3.8, 4) is 0 Å². The number of benzene rings is 2. The van der Waals surface area contributed by atoms with Crippen LogP contribution in [-0.4, -0.2) is 39.7 Å². The quantitative estimate of drug-likeness (QED) is 0.828. The molecule has 1 amide bonds. The molecule has 3 rings (SSSR count). The van der Waals surface area contributed by atoms with Gasteiger partial charge >= 0.3 is 0 Å². The summed E-state index contributed by atoms with van der Waals surface area (Å²) >= 11 is 0. The summed E-state index contributed by atoms with van der Waals surface area (Å²) in [6.07, 6.45) is 1.16. The minimum atomic E-state index is -3.28. The minimum Gasteiger partial charge on any atom is -0.371 e. The Morgan fingerprint density at radius 1 is 1.00 bits per heavy atom. The first-order chi connectivity index (χ1) is 11.6. The molecular formula is C19H22N2O3S. The number of hydrogen-bond donors (Lipinski definition) is 0. The van der Waals surface area contributed by atoms with Gasteiger partial charge in [-0.1, -0.05) is 12.1 Å². The standard InChI is InChI=1S/C19H22N2O3S/c1-19(2)13-20(3)16-7-5-6-8-17(16)21(19)18(22)14-9-11-15(12-10-14)25(4,23)24/h5-12H,13H2,1-4H3. The van der Waals surface area contributed by atoms with Gasteiger partial charge in [0, 0.05) is 25.4 Å². The van der Waals surface area contributed by atoms with Crippen LogP contribution in [0.5, 0.6) is 0 Å². The van der Waals surface area contributed by atoms with E-state index >= 15 is 0 Å². The molecule has 0 aliphatic carbocycles. The number of carbonyl (C=O) groups excluding carboxylic acids is 1. The van der Waals surface area contributed by atoms with Crippen LogP contribution >= 0.6 is 0 Å². The molecule has 132 valence electrons. The van der Waals surface area contributed by atoms with Crippen molar-refractivity contribution in [3.63, 3.8) is 0 Å². The fraction of sp³-hybridized carbons (Fsp3) is 0.316. The average molecular weight is 358 g/mol. The van der Waals surface area contributed by atoms with Gasteiger partial charge in [-0.25, -0.2) is 8.42 Å². The number of fused-ring (bicyclic) bond motifs is 1. The SMILES string of the molecule is CN1CC(C)(C)N(C(=O)c2ccc(S(C)(=O)=O)cc2)c2ccccc21. The van der Waals surface area contributed by atoms with Crippen molar-refractivity contribution in [2.24, 2.45) is 0 Å². The van der Waals surface area contributed by atoms with Gasteiger partial charge in [0.15, 0.2) is 9.84 Å². The molecule has 0 bridgehead atoms. The van der Waals surface area contributed by atoms with Crippen molar-refractivity contribution in [1.82, 2.24) is 0 Å². The van der Waals surface area contributed by atoms with Gasteiger partial charge in [0.05, 0.1) is 21.8 Å².